The fourth-order valence-corrected chi connectivity index (χ4v) is 3.57. The van der Waals surface area contributed by atoms with E-state index in [1.54, 1.807) is 24.3 Å². The standard InChI is InChI=1S/C19H14ClF2NO3S/c1-12-3-2-4-14(9-12)26-19-8-5-13(20)10-18(19)23-27(24,25)15-6-7-16(21)17(22)11-15/h2-11,23H,1H3. The molecule has 0 heterocycles. The highest BCUT2D eigenvalue weighted by atomic mass is 35.5. The van der Waals surface area contributed by atoms with E-state index in [1.165, 1.54) is 12.1 Å². The predicted octanol–water partition coefficient (Wildman–Crippen LogP) is 5.52. The van der Waals surface area contributed by atoms with Gasteiger partial charge in [0.2, 0.25) is 0 Å². The number of rotatable bonds is 5. The minimum absolute atomic E-state index is 0.0636. The molecule has 0 spiro atoms. The smallest absolute Gasteiger partial charge is 0.262 e. The van der Waals surface area contributed by atoms with Crippen LogP contribution in [0, 0.1) is 18.6 Å². The minimum atomic E-state index is -4.19. The summed E-state index contributed by atoms with van der Waals surface area (Å²) in [5.74, 6) is -1.69. The molecule has 140 valence electrons. The van der Waals surface area contributed by atoms with Crippen molar-refractivity contribution in [2.24, 2.45) is 0 Å². The van der Waals surface area contributed by atoms with E-state index in [0.717, 1.165) is 17.7 Å². The first-order valence-electron chi connectivity index (χ1n) is 7.76. The van der Waals surface area contributed by atoms with E-state index >= 15 is 0 Å². The molecule has 0 bridgehead atoms. The van der Waals surface area contributed by atoms with Crippen molar-refractivity contribution in [3.05, 3.63) is 82.9 Å². The van der Waals surface area contributed by atoms with E-state index in [1.807, 2.05) is 13.0 Å². The van der Waals surface area contributed by atoms with Gasteiger partial charge in [0.15, 0.2) is 17.4 Å². The predicted molar refractivity (Wildman–Crippen MR) is 99.9 cm³/mol. The van der Waals surface area contributed by atoms with Gasteiger partial charge >= 0.3 is 0 Å². The van der Waals surface area contributed by atoms with Gasteiger partial charge in [-0.3, -0.25) is 4.72 Å². The Morgan fingerprint density at radius 3 is 2.44 bits per heavy atom. The molecular weight excluding hydrogens is 396 g/mol. The summed E-state index contributed by atoms with van der Waals surface area (Å²) in [5, 5.41) is 0.273. The van der Waals surface area contributed by atoms with Crippen LogP contribution >= 0.6 is 11.6 Å². The largest absolute Gasteiger partial charge is 0.455 e. The summed E-state index contributed by atoms with van der Waals surface area (Å²) in [4.78, 5) is -0.428. The van der Waals surface area contributed by atoms with Crippen molar-refractivity contribution in [3.8, 4) is 11.5 Å². The van der Waals surface area contributed by atoms with E-state index in [4.69, 9.17) is 16.3 Å². The van der Waals surface area contributed by atoms with Gasteiger partial charge in [0.1, 0.15) is 5.75 Å². The molecule has 3 aromatic rings. The molecule has 0 saturated heterocycles. The Morgan fingerprint density at radius 1 is 0.963 bits per heavy atom. The molecule has 4 nitrogen and oxygen atoms in total. The maximum atomic E-state index is 13.4. The van der Waals surface area contributed by atoms with Gasteiger partial charge in [-0.2, -0.15) is 0 Å². The number of hydrogen-bond acceptors (Lipinski definition) is 3. The summed E-state index contributed by atoms with van der Waals surface area (Å²) in [7, 11) is -4.19. The summed E-state index contributed by atoms with van der Waals surface area (Å²) < 4.78 is 59.6. The molecule has 8 heteroatoms. The third-order valence-corrected chi connectivity index (χ3v) is 5.20. The Morgan fingerprint density at radius 2 is 1.74 bits per heavy atom. The SMILES string of the molecule is Cc1cccc(Oc2ccc(Cl)cc2NS(=O)(=O)c2ccc(F)c(F)c2)c1. The van der Waals surface area contributed by atoms with Crippen LogP contribution in [0.1, 0.15) is 5.56 Å². The summed E-state index contributed by atoms with van der Waals surface area (Å²) in [5.41, 5.74) is 1.03. The monoisotopic (exact) mass is 409 g/mol. The lowest BCUT2D eigenvalue weighted by atomic mass is 10.2. The third kappa shape index (κ3) is 4.56. The Bertz CT molecular complexity index is 1100. The Balaban J connectivity index is 1.96. The van der Waals surface area contributed by atoms with Crippen LogP contribution in [0.25, 0.3) is 0 Å². The van der Waals surface area contributed by atoms with E-state index in [0.29, 0.717) is 11.8 Å². The molecule has 0 aromatic heterocycles. The maximum absolute atomic E-state index is 13.4. The first kappa shape index (κ1) is 19.1. The van der Waals surface area contributed by atoms with E-state index in [-0.39, 0.29) is 16.5 Å². The average Bonchev–Trinajstić information content (AvgIpc) is 2.59. The second-order valence-electron chi connectivity index (χ2n) is 5.74. The van der Waals surface area contributed by atoms with Crippen molar-refractivity contribution in [2.45, 2.75) is 11.8 Å². The van der Waals surface area contributed by atoms with Gasteiger partial charge in [-0.25, -0.2) is 17.2 Å². The minimum Gasteiger partial charge on any atom is -0.455 e. The van der Waals surface area contributed by atoms with Gasteiger partial charge in [0.05, 0.1) is 10.6 Å². The van der Waals surface area contributed by atoms with Gasteiger partial charge < -0.3 is 4.74 Å². The maximum Gasteiger partial charge on any atom is 0.262 e. The molecule has 3 rings (SSSR count). The Labute approximate surface area is 160 Å². The van der Waals surface area contributed by atoms with Crippen LogP contribution in [0.4, 0.5) is 14.5 Å². The summed E-state index contributed by atoms with van der Waals surface area (Å²) in [6.45, 7) is 1.89. The summed E-state index contributed by atoms with van der Waals surface area (Å²) in [6, 6.07) is 13.9. The number of aryl methyl sites for hydroxylation is 1. The highest BCUT2D eigenvalue weighted by molar-refractivity contribution is 7.92. The molecule has 0 unspecified atom stereocenters. The van der Waals surface area contributed by atoms with Crippen LogP contribution in [0.3, 0.4) is 0 Å². The van der Waals surface area contributed by atoms with Crippen LogP contribution in [0.2, 0.25) is 5.02 Å². The fourth-order valence-electron chi connectivity index (χ4n) is 2.32. The van der Waals surface area contributed by atoms with Crippen LogP contribution in [0.5, 0.6) is 11.5 Å². The lowest BCUT2D eigenvalue weighted by Gasteiger charge is -2.14. The van der Waals surface area contributed by atoms with Crippen molar-refractivity contribution in [2.75, 3.05) is 4.72 Å². The van der Waals surface area contributed by atoms with Crippen LogP contribution < -0.4 is 9.46 Å². The molecular formula is C19H14ClF2NO3S. The molecule has 0 aliphatic heterocycles. The Hall–Kier alpha value is -2.64. The second-order valence-corrected chi connectivity index (χ2v) is 7.86. The fraction of sp³-hybridized carbons (Fsp3) is 0.0526. The molecule has 0 saturated carbocycles. The number of halogens is 3. The number of hydrogen-bond donors (Lipinski definition) is 1. The van der Waals surface area contributed by atoms with E-state index < -0.39 is 26.6 Å². The molecule has 0 fully saturated rings. The summed E-state index contributed by atoms with van der Waals surface area (Å²) >= 11 is 5.97. The number of benzene rings is 3. The van der Waals surface area contributed by atoms with Crippen LogP contribution in [-0.2, 0) is 10.0 Å². The molecule has 1 N–H and O–H groups in total. The van der Waals surface area contributed by atoms with E-state index in [2.05, 4.69) is 4.72 Å². The molecule has 0 atom stereocenters. The lowest BCUT2D eigenvalue weighted by Crippen LogP contribution is -2.14. The van der Waals surface area contributed by atoms with Crippen molar-refractivity contribution in [1.82, 2.24) is 0 Å². The zero-order valence-corrected chi connectivity index (χ0v) is 15.6. The molecule has 0 aliphatic rings. The van der Waals surface area contributed by atoms with Crippen molar-refractivity contribution in [1.29, 1.82) is 0 Å². The highest BCUT2D eigenvalue weighted by Crippen LogP contribution is 2.34. The number of nitrogens with one attached hydrogen (secondary N) is 1. The van der Waals surface area contributed by atoms with Crippen molar-refractivity contribution in [3.63, 3.8) is 0 Å². The van der Waals surface area contributed by atoms with Gasteiger partial charge in [0, 0.05) is 5.02 Å². The zero-order valence-electron chi connectivity index (χ0n) is 14.0. The van der Waals surface area contributed by atoms with Crippen molar-refractivity contribution >= 4 is 27.3 Å². The van der Waals surface area contributed by atoms with Gasteiger partial charge in [-0.05, 0) is 61.0 Å². The van der Waals surface area contributed by atoms with Gasteiger partial charge in [0.25, 0.3) is 10.0 Å². The molecule has 0 radical (unpaired) electrons. The third-order valence-electron chi connectivity index (χ3n) is 3.60. The normalized spacial score (nSPS) is 11.3. The quantitative estimate of drug-likeness (QED) is 0.603. The molecule has 0 aliphatic carbocycles. The lowest BCUT2D eigenvalue weighted by molar-refractivity contribution is 0.484. The number of sulfonamides is 1. The number of ether oxygens (including phenoxy) is 1. The topological polar surface area (TPSA) is 55.4 Å². The molecule has 3 aromatic carbocycles. The number of anilines is 1. The van der Waals surface area contributed by atoms with Gasteiger partial charge in [-0.15, -0.1) is 0 Å². The summed E-state index contributed by atoms with van der Waals surface area (Å²) in [6.07, 6.45) is 0. The first-order valence-corrected chi connectivity index (χ1v) is 9.63. The van der Waals surface area contributed by atoms with Crippen molar-refractivity contribution < 1.29 is 21.9 Å². The average molecular weight is 410 g/mol. The molecule has 27 heavy (non-hydrogen) atoms. The van der Waals surface area contributed by atoms with E-state index in [9.17, 15) is 17.2 Å². The highest BCUT2D eigenvalue weighted by Gasteiger charge is 2.19. The van der Waals surface area contributed by atoms with Gasteiger partial charge in [-0.1, -0.05) is 23.7 Å². The second kappa shape index (κ2) is 7.54. The van der Waals surface area contributed by atoms with Crippen LogP contribution in [0.15, 0.2) is 65.6 Å². The first-order chi connectivity index (χ1) is 12.7. The Kier molecular flexibility index (Phi) is 5.34. The zero-order chi connectivity index (χ0) is 19.6. The van der Waals surface area contributed by atoms with Crippen LogP contribution in [-0.4, -0.2) is 8.42 Å². The molecule has 0 amide bonds.